The van der Waals surface area contributed by atoms with Crippen LogP contribution in [0.15, 0.2) is 0 Å². The summed E-state index contributed by atoms with van der Waals surface area (Å²) in [5.41, 5.74) is 2.93. The normalized spacial score (nSPS) is 23.9. The van der Waals surface area contributed by atoms with Crippen LogP contribution >= 0.6 is 0 Å². The van der Waals surface area contributed by atoms with Gasteiger partial charge in [-0.1, -0.05) is 12.8 Å². The first-order valence-corrected chi connectivity index (χ1v) is 6.97. The lowest BCUT2D eigenvalue weighted by molar-refractivity contribution is -0.140. The molecule has 1 N–H and O–H groups in total. The van der Waals surface area contributed by atoms with Crippen LogP contribution in [0.5, 0.6) is 0 Å². The summed E-state index contributed by atoms with van der Waals surface area (Å²) in [5.74, 6) is 0.183. The van der Waals surface area contributed by atoms with Crippen molar-refractivity contribution < 1.29 is 9.63 Å². The first-order valence-electron chi connectivity index (χ1n) is 6.97. The van der Waals surface area contributed by atoms with Crippen molar-refractivity contribution in [3.8, 4) is 0 Å². The maximum Gasteiger partial charge on any atom is 0.241 e. The number of nitrogens with one attached hydrogen (secondary N) is 1. The molecule has 17 heavy (non-hydrogen) atoms. The Morgan fingerprint density at radius 2 is 1.82 bits per heavy atom. The Kier molecular flexibility index (Phi) is 4.80. The molecule has 2 fully saturated rings. The third-order valence-corrected chi connectivity index (χ3v) is 3.75. The van der Waals surface area contributed by atoms with Crippen molar-refractivity contribution in [1.82, 2.24) is 10.4 Å². The van der Waals surface area contributed by atoms with Gasteiger partial charge >= 0.3 is 0 Å². The lowest BCUT2D eigenvalue weighted by Crippen LogP contribution is -2.47. The van der Waals surface area contributed by atoms with E-state index in [0.717, 1.165) is 38.8 Å². The molecule has 0 aromatic carbocycles. The number of likely N-dealkylation sites (tertiary alicyclic amines) is 1. The maximum absolute atomic E-state index is 12.1. The summed E-state index contributed by atoms with van der Waals surface area (Å²) in [4.78, 5) is 19.6. The number of carbonyl (C=O) groups excluding carboxylic acids is 1. The van der Waals surface area contributed by atoms with Crippen molar-refractivity contribution in [2.75, 3.05) is 13.1 Å². The molecule has 98 valence electrons. The minimum Gasteiger partial charge on any atom is -0.341 e. The molecule has 0 bridgehead atoms. The largest absolute Gasteiger partial charge is 0.341 e. The number of carbonyl (C=O) groups is 1. The fourth-order valence-corrected chi connectivity index (χ4v) is 2.64. The van der Waals surface area contributed by atoms with Crippen molar-refractivity contribution in [2.45, 2.75) is 64.0 Å². The van der Waals surface area contributed by atoms with Gasteiger partial charge in [-0.3, -0.25) is 9.63 Å². The van der Waals surface area contributed by atoms with Crippen LogP contribution in [0, 0.1) is 0 Å². The summed E-state index contributed by atoms with van der Waals surface area (Å²) in [6.07, 6.45) is 8.59. The number of nitrogens with zero attached hydrogens (tertiary/aromatic N) is 1. The Bertz CT molecular complexity index is 246. The van der Waals surface area contributed by atoms with Gasteiger partial charge in [-0.2, -0.15) is 5.48 Å². The monoisotopic (exact) mass is 240 g/mol. The number of rotatable bonds is 4. The first kappa shape index (κ1) is 12.8. The fourth-order valence-electron chi connectivity index (χ4n) is 2.64. The zero-order valence-corrected chi connectivity index (χ0v) is 10.8. The molecule has 1 aliphatic carbocycles. The molecule has 0 aromatic heterocycles. The Morgan fingerprint density at radius 1 is 1.18 bits per heavy atom. The summed E-state index contributed by atoms with van der Waals surface area (Å²) < 4.78 is 0. The van der Waals surface area contributed by atoms with Crippen LogP contribution in [0.4, 0.5) is 0 Å². The van der Waals surface area contributed by atoms with E-state index in [4.69, 9.17) is 4.84 Å². The molecule has 0 spiro atoms. The molecule has 4 heteroatoms. The van der Waals surface area contributed by atoms with Crippen molar-refractivity contribution in [3.63, 3.8) is 0 Å². The van der Waals surface area contributed by atoms with Gasteiger partial charge in [-0.15, -0.1) is 0 Å². The molecule has 1 amide bonds. The number of amides is 1. The van der Waals surface area contributed by atoms with E-state index >= 15 is 0 Å². The van der Waals surface area contributed by atoms with Gasteiger partial charge in [0.05, 0.1) is 6.10 Å². The SMILES string of the molecule is CC(NOC1CCCC1)C(=O)N1CCCCC1. The molecule has 4 nitrogen and oxygen atoms in total. The van der Waals surface area contributed by atoms with Crippen LogP contribution in [0.1, 0.15) is 51.9 Å². The van der Waals surface area contributed by atoms with Gasteiger partial charge in [0.15, 0.2) is 0 Å². The second-order valence-electron chi connectivity index (χ2n) is 5.25. The highest BCUT2D eigenvalue weighted by Gasteiger charge is 2.23. The summed E-state index contributed by atoms with van der Waals surface area (Å²) in [5, 5.41) is 0. The van der Waals surface area contributed by atoms with Gasteiger partial charge in [-0.25, -0.2) is 0 Å². The van der Waals surface area contributed by atoms with Gasteiger partial charge in [0.25, 0.3) is 0 Å². The van der Waals surface area contributed by atoms with Gasteiger partial charge in [0, 0.05) is 13.1 Å². The molecule has 1 heterocycles. The van der Waals surface area contributed by atoms with Crippen LogP contribution in [0.3, 0.4) is 0 Å². The van der Waals surface area contributed by atoms with E-state index in [1.54, 1.807) is 0 Å². The summed E-state index contributed by atoms with van der Waals surface area (Å²) in [6, 6.07) is -0.214. The standard InChI is InChI=1S/C13H24N2O2/c1-11(14-17-12-7-3-4-8-12)13(16)15-9-5-2-6-10-15/h11-12,14H,2-10H2,1H3. The summed E-state index contributed by atoms with van der Waals surface area (Å²) >= 11 is 0. The van der Waals surface area contributed by atoms with E-state index in [2.05, 4.69) is 5.48 Å². The van der Waals surface area contributed by atoms with E-state index in [0.29, 0.717) is 6.10 Å². The van der Waals surface area contributed by atoms with E-state index in [1.165, 1.54) is 19.3 Å². The minimum absolute atomic E-state index is 0.183. The van der Waals surface area contributed by atoms with E-state index in [-0.39, 0.29) is 11.9 Å². The Hall–Kier alpha value is -0.610. The molecular weight excluding hydrogens is 216 g/mol. The third kappa shape index (κ3) is 3.68. The minimum atomic E-state index is -0.214. The average Bonchev–Trinajstić information content (AvgIpc) is 2.89. The van der Waals surface area contributed by atoms with Gasteiger partial charge < -0.3 is 4.90 Å². The van der Waals surface area contributed by atoms with Crippen molar-refractivity contribution in [3.05, 3.63) is 0 Å². The number of piperidine rings is 1. The summed E-state index contributed by atoms with van der Waals surface area (Å²) in [6.45, 7) is 3.72. The Labute approximate surface area is 104 Å². The van der Waals surface area contributed by atoms with Crippen LogP contribution in [-0.4, -0.2) is 36.0 Å². The predicted octanol–water partition coefficient (Wildman–Crippen LogP) is 1.85. The molecule has 1 unspecified atom stereocenters. The van der Waals surface area contributed by atoms with Crippen molar-refractivity contribution in [2.24, 2.45) is 0 Å². The lowest BCUT2D eigenvalue weighted by atomic mass is 10.1. The zero-order chi connectivity index (χ0) is 12.1. The van der Waals surface area contributed by atoms with Crippen LogP contribution in [0.25, 0.3) is 0 Å². The van der Waals surface area contributed by atoms with Crippen LogP contribution in [0.2, 0.25) is 0 Å². The molecule has 0 aromatic rings. The first-order chi connectivity index (χ1) is 8.27. The zero-order valence-electron chi connectivity index (χ0n) is 10.8. The Balaban J connectivity index is 1.70. The van der Waals surface area contributed by atoms with Crippen molar-refractivity contribution >= 4 is 5.91 Å². The second-order valence-corrected chi connectivity index (χ2v) is 5.25. The molecule has 2 aliphatic rings. The molecule has 1 saturated heterocycles. The third-order valence-electron chi connectivity index (χ3n) is 3.75. The molecule has 1 aliphatic heterocycles. The Morgan fingerprint density at radius 3 is 2.47 bits per heavy atom. The van der Waals surface area contributed by atoms with Crippen LogP contribution < -0.4 is 5.48 Å². The molecule has 1 saturated carbocycles. The maximum atomic E-state index is 12.1. The lowest BCUT2D eigenvalue weighted by Gasteiger charge is -2.29. The van der Waals surface area contributed by atoms with E-state index in [9.17, 15) is 4.79 Å². The quantitative estimate of drug-likeness (QED) is 0.763. The summed E-state index contributed by atoms with van der Waals surface area (Å²) in [7, 11) is 0. The topological polar surface area (TPSA) is 41.6 Å². The average molecular weight is 240 g/mol. The van der Waals surface area contributed by atoms with E-state index in [1.807, 2.05) is 11.8 Å². The number of hydrogen-bond acceptors (Lipinski definition) is 3. The highest BCUT2D eigenvalue weighted by atomic mass is 16.7. The van der Waals surface area contributed by atoms with Gasteiger partial charge in [-0.05, 0) is 39.0 Å². The fraction of sp³-hybridized carbons (Fsp3) is 0.923. The molecule has 2 rings (SSSR count). The molecule has 0 radical (unpaired) electrons. The van der Waals surface area contributed by atoms with Crippen molar-refractivity contribution in [1.29, 1.82) is 0 Å². The molecular formula is C13H24N2O2. The van der Waals surface area contributed by atoms with Gasteiger partial charge in [0.2, 0.25) is 5.91 Å². The number of hydroxylamine groups is 1. The second kappa shape index (κ2) is 6.36. The smallest absolute Gasteiger partial charge is 0.241 e. The molecule has 1 atom stereocenters. The highest BCUT2D eigenvalue weighted by molar-refractivity contribution is 5.81. The van der Waals surface area contributed by atoms with E-state index < -0.39 is 0 Å². The predicted molar refractivity (Wildman–Crippen MR) is 66.4 cm³/mol. The van der Waals surface area contributed by atoms with Gasteiger partial charge in [0.1, 0.15) is 6.04 Å². The number of hydrogen-bond donors (Lipinski definition) is 1. The van der Waals surface area contributed by atoms with Crippen LogP contribution in [-0.2, 0) is 9.63 Å². The highest BCUT2D eigenvalue weighted by Crippen LogP contribution is 2.20.